The molecule has 2 amide bonds. The summed E-state index contributed by atoms with van der Waals surface area (Å²) in [5.74, 6) is -1.33. The number of benzene rings is 1. The van der Waals surface area contributed by atoms with E-state index < -0.39 is 11.6 Å². The zero-order chi connectivity index (χ0) is 21.2. The van der Waals surface area contributed by atoms with E-state index in [4.69, 9.17) is 0 Å². The molecular formula is C22H33F2N3O2. The molecule has 5 nitrogen and oxygen atoms in total. The van der Waals surface area contributed by atoms with Crippen LogP contribution in [0.3, 0.4) is 0 Å². The molecule has 1 heterocycles. The van der Waals surface area contributed by atoms with Gasteiger partial charge in [-0.25, -0.2) is 8.78 Å². The fourth-order valence-corrected chi connectivity index (χ4v) is 3.72. The van der Waals surface area contributed by atoms with Crippen molar-refractivity contribution in [1.82, 2.24) is 10.2 Å². The Morgan fingerprint density at radius 1 is 1.14 bits per heavy atom. The van der Waals surface area contributed by atoms with Gasteiger partial charge in [-0.3, -0.25) is 9.59 Å². The molecule has 0 aromatic heterocycles. The van der Waals surface area contributed by atoms with Crippen LogP contribution in [0.15, 0.2) is 18.2 Å². The number of carbonyl (C=O) groups is 2. The fourth-order valence-electron chi connectivity index (χ4n) is 3.72. The maximum absolute atomic E-state index is 13.4. The van der Waals surface area contributed by atoms with E-state index in [1.807, 2.05) is 9.80 Å². The molecule has 0 aliphatic carbocycles. The Morgan fingerprint density at radius 2 is 1.86 bits per heavy atom. The molecule has 1 N–H and O–H groups in total. The molecule has 162 valence electrons. The van der Waals surface area contributed by atoms with Gasteiger partial charge < -0.3 is 15.1 Å². The lowest BCUT2D eigenvalue weighted by atomic mass is 10.1. The lowest BCUT2D eigenvalue weighted by Gasteiger charge is -2.21. The Hall–Kier alpha value is -2.18. The Labute approximate surface area is 172 Å². The highest BCUT2D eigenvalue weighted by atomic mass is 19.2. The highest BCUT2D eigenvalue weighted by Crippen LogP contribution is 2.25. The summed E-state index contributed by atoms with van der Waals surface area (Å²) in [4.78, 5) is 28.2. The van der Waals surface area contributed by atoms with Crippen LogP contribution in [0.25, 0.3) is 0 Å². The first kappa shape index (κ1) is 23.1. The zero-order valence-corrected chi connectivity index (χ0v) is 17.6. The molecule has 1 atom stereocenters. The summed E-state index contributed by atoms with van der Waals surface area (Å²) >= 11 is 0. The van der Waals surface area contributed by atoms with E-state index in [0.29, 0.717) is 38.0 Å². The minimum absolute atomic E-state index is 0.0402. The maximum Gasteiger partial charge on any atom is 0.222 e. The average molecular weight is 410 g/mol. The first-order chi connectivity index (χ1) is 13.9. The molecule has 1 saturated heterocycles. The summed E-state index contributed by atoms with van der Waals surface area (Å²) in [6.07, 6.45) is 4.07. The van der Waals surface area contributed by atoms with Crippen LogP contribution in [0.1, 0.15) is 52.4 Å². The van der Waals surface area contributed by atoms with Crippen molar-refractivity contribution in [2.24, 2.45) is 5.92 Å². The van der Waals surface area contributed by atoms with Gasteiger partial charge in [0, 0.05) is 57.3 Å². The first-order valence-corrected chi connectivity index (χ1v) is 10.7. The summed E-state index contributed by atoms with van der Waals surface area (Å²) in [5, 5.41) is 2.95. The van der Waals surface area contributed by atoms with E-state index in [9.17, 15) is 18.4 Å². The molecule has 29 heavy (non-hydrogen) atoms. The van der Waals surface area contributed by atoms with Crippen LogP contribution in [0.2, 0.25) is 0 Å². The third-order valence-corrected chi connectivity index (χ3v) is 5.28. The van der Waals surface area contributed by atoms with Gasteiger partial charge in [0.25, 0.3) is 0 Å². The van der Waals surface area contributed by atoms with Crippen molar-refractivity contribution < 1.29 is 18.4 Å². The van der Waals surface area contributed by atoms with Gasteiger partial charge in [0.15, 0.2) is 11.6 Å². The fraction of sp³-hybridized carbons (Fsp3) is 0.636. The van der Waals surface area contributed by atoms with Crippen LogP contribution in [0.4, 0.5) is 14.5 Å². The number of hydrogen-bond donors (Lipinski definition) is 1. The van der Waals surface area contributed by atoms with Crippen molar-refractivity contribution in [3.63, 3.8) is 0 Å². The smallest absolute Gasteiger partial charge is 0.222 e. The lowest BCUT2D eigenvalue weighted by molar-refractivity contribution is -0.131. The second-order valence-corrected chi connectivity index (χ2v) is 7.74. The van der Waals surface area contributed by atoms with E-state index in [1.54, 1.807) is 6.07 Å². The molecule has 1 unspecified atom stereocenters. The average Bonchev–Trinajstić information content (AvgIpc) is 3.17. The van der Waals surface area contributed by atoms with Crippen molar-refractivity contribution in [3.8, 4) is 0 Å². The van der Waals surface area contributed by atoms with E-state index in [2.05, 4.69) is 19.2 Å². The van der Waals surface area contributed by atoms with Gasteiger partial charge in [-0.1, -0.05) is 13.8 Å². The van der Waals surface area contributed by atoms with Gasteiger partial charge in [-0.2, -0.15) is 0 Å². The minimum atomic E-state index is -0.845. The number of amides is 2. The van der Waals surface area contributed by atoms with Gasteiger partial charge in [0.2, 0.25) is 11.8 Å². The molecular weight excluding hydrogens is 376 g/mol. The van der Waals surface area contributed by atoms with Gasteiger partial charge in [0.1, 0.15) is 0 Å². The number of nitrogens with zero attached hydrogens (tertiary/aromatic N) is 2. The van der Waals surface area contributed by atoms with Crippen LogP contribution in [-0.4, -0.2) is 49.4 Å². The first-order valence-electron chi connectivity index (χ1n) is 10.7. The Morgan fingerprint density at radius 3 is 2.52 bits per heavy atom. The zero-order valence-electron chi connectivity index (χ0n) is 17.6. The van der Waals surface area contributed by atoms with Crippen LogP contribution >= 0.6 is 0 Å². The molecule has 0 spiro atoms. The second kappa shape index (κ2) is 11.7. The standard InChI is InChI=1S/C22H33F2N3O2/c1-3-11-26(12-4-2)22(29)7-5-6-21(28)25-15-17-10-13-27(16-17)18-8-9-19(23)20(24)14-18/h8-9,14,17H,3-7,10-13,15-16H2,1-2H3,(H,25,28). The summed E-state index contributed by atoms with van der Waals surface area (Å²) in [5.41, 5.74) is 0.667. The minimum Gasteiger partial charge on any atom is -0.371 e. The Balaban J connectivity index is 1.66. The van der Waals surface area contributed by atoms with E-state index in [1.165, 1.54) is 6.07 Å². The van der Waals surface area contributed by atoms with Crippen LogP contribution in [-0.2, 0) is 9.59 Å². The second-order valence-electron chi connectivity index (χ2n) is 7.74. The highest BCUT2D eigenvalue weighted by Gasteiger charge is 2.23. The predicted octanol–water partition coefficient (Wildman–Crippen LogP) is 3.73. The predicted molar refractivity (Wildman–Crippen MR) is 111 cm³/mol. The van der Waals surface area contributed by atoms with E-state index in [-0.39, 0.29) is 17.7 Å². The number of hydrogen-bond acceptors (Lipinski definition) is 3. The molecule has 1 aliphatic rings. The third kappa shape index (κ3) is 7.29. The van der Waals surface area contributed by atoms with E-state index in [0.717, 1.165) is 45.0 Å². The summed E-state index contributed by atoms with van der Waals surface area (Å²) < 4.78 is 26.5. The van der Waals surface area contributed by atoms with Crippen LogP contribution < -0.4 is 10.2 Å². The van der Waals surface area contributed by atoms with E-state index >= 15 is 0 Å². The van der Waals surface area contributed by atoms with Crippen molar-refractivity contribution in [2.45, 2.75) is 52.4 Å². The number of carbonyl (C=O) groups excluding carboxylic acids is 2. The summed E-state index contributed by atoms with van der Waals surface area (Å²) in [6, 6.07) is 3.94. The van der Waals surface area contributed by atoms with Gasteiger partial charge in [-0.05, 0) is 43.7 Å². The Kier molecular flexibility index (Phi) is 9.35. The number of halogens is 2. The highest BCUT2D eigenvalue weighted by molar-refractivity contribution is 5.79. The molecule has 1 aliphatic heterocycles. The number of anilines is 1. The van der Waals surface area contributed by atoms with Crippen molar-refractivity contribution in [3.05, 3.63) is 29.8 Å². The largest absolute Gasteiger partial charge is 0.371 e. The van der Waals surface area contributed by atoms with Crippen LogP contribution in [0, 0.1) is 17.6 Å². The molecule has 0 saturated carbocycles. The SMILES string of the molecule is CCCN(CCC)C(=O)CCCC(=O)NCC1CCN(c2ccc(F)c(F)c2)C1. The monoisotopic (exact) mass is 409 g/mol. The van der Waals surface area contributed by atoms with Crippen molar-refractivity contribution in [2.75, 3.05) is 37.6 Å². The maximum atomic E-state index is 13.4. The van der Waals surface area contributed by atoms with Crippen LogP contribution in [0.5, 0.6) is 0 Å². The van der Waals surface area contributed by atoms with Gasteiger partial charge in [0.05, 0.1) is 0 Å². The van der Waals surface area contributed by atoms with Crippen molar-refractivity contribution >= 4 is 17.5 Å². The normalized spacial score (nSPS) is 16.1. The molecule has 2 rings (SSSR count). The number of rotatable bonds is 11. The molecule has 1 aromatic rings. The molecule has 1 fully saturated rings. The molecule has 7 heteroatoms. The molecule has 1 aromatic carbocycles. The molecule has 0 radical (unpaired) electrons. The number of nitrogens with one attached hydrogen (secondary N) is 1. The quantitative estimate of drug-likeness (QED) is 0.606. The van der Waals surface area contributed by atoms with Crippen molar-refractivity contribution in [1.29, 1.82) is 0 Å². The summed E-state index contributed by atoms with van der Waals surface area (Å²) in [6.45, 7) is 7.67. The van der Waals surface area contributed by atoms with Gasteiger partial charge >= 0.3 is 0 Å². The summed E-state index contributed by atoms with van der Waals surface area (Å²) in [7, 11) is 0. The van der Waals surface area contributed by atoms with Gasteiger partial charge in [-0.15, -0.1) is 0 Å². The molecule has 0 bridgehead atoms. The third-order valence-electron chi connectivity index (χ3n) is 5.28. The topological polar surface area (TPSA) is 52.7 Å². The Bertz CT molecular complexity index is 678. The lowest BCUT2D eigenvalue weighted by Crippen LogP contribution is -2.33.